The van der Waals surface area contributed by atoms with Crippen molar-refractivity contribution in [3.05, 3.63) is 48.5 Å². The van der Waals surface area contributed by atoms with Gasteiger partial charge in [-0.25, -0.2) is 0 Å². The molecule has 0 fully saturated rings. The second-order valence-corrected chi connectivity index (χ2v) is 6.44. The number of fused-ring (bicyclic) bond motifs is 1. The molecule has 2 aromatic rings. The number of nitrogens with zero attached hydrogens (tertiary/aromatic N) is 1. The largest absolute Gasteiger partial charge is 0.490 e. The van der Waals surface area contributed by atoms with Crippen LogP contribution in [-0.4, -0.2) is 32.7 Å². The minimum absolute atomic E-state index is 0.130. The quantitative estimate of drug-likeness (QED) is 0.870. The Morgan fingerprint density at radius 3 is 2.64 bits per heavy atom. The van der Waals surface area contributed by atoms with Gasteiger partial charge in [-0.2, -0.15) is 0 Å². The summed E-state index contributed by atoms with van der Waals surface area (Å²) in [4.78, 5) is 16.5. The second kappa shape index (κ2) is 10.1. The number of hydrogen-bond acceptors (Lipinski definition) is 4. The summed E-state index contributed by atoms with van der Waals surface area (Å²) >= 11 is 1.69. The van der Waals surface area contributed by atoms with Crippen LogP contribution in [0.1, 0.15) is 20.3 Å². The van der Waals surface area contributed by atoms with Crippen LogP contribution in [0.4, 0.5) is 5.69 Å². The zero-order chi connectivity index (χ0) is 18.1. The highest BCUT2D eigenvalue weighted by Crippen LogP contribution is 2.37. The maximum absolute atomic E-state index is 12.4. The number of rotatable bonds is 5. The van der Waals surface area contributed by atoms with E-state index in [0.717, 1.165) is 16.3 Å². The normalized spacial score (nSPS) is 12.5. The highest BCUT2D eigenvalue weighted by Gasteiger charge is 2.23. The Morgan fingerprint density at radius 2 is 1.92 bits per heavy atom. The fourth-order valence-corrected chi connectivity index (χ4v) is 3.38. The van der Waals surface area contributed by atoms with Crippen molar-refractivity contribution < 1.29 is 9.53 Å². The van der Waals surface area contributed by atoms with Gasteiger partial charge in [0.05, 0.1) is 12.2 Å². The lowest BCUT2D eigenvalue weighted by molar-refractivity contribution is -0.118. The predicted molar refractivity (Wildman–Crippen MR) is 105 cm³/mol. The first-order valence-corrected chi connectivity index (χ1v) is 9.54. The Bertz CT molecular complexity index is 677. The summed E-state index contributed by atoms with van der Waals surface area (Å²) < 4.78 is 5.69. The number of amides is 1. The second-order valence-electron chi connectivity index (χ2n) is 5.29. The molecule has 1 aliphatic heterocycles. The standard InChI is InChI=1S/C18H20N2O2S.C2H6/c1-19-10-9-18(21)20-11-12-22-17-8-7-15(13-16(17)20)23-14-5-3-2-4-6-14;1-2/h2-8,13,19H,9-12H2,1H3;1-2H3. The Morgan fingerprint density at radius 1 is 1.16 bits per heavy atom. The summed E-state index contributed by atoms with van der Waals surface area (Å²) in [5.74, 6) is 0.914. The van der Waals surface area contributed by atoms with E-state index in [1.165, 1.54) is 4.90 Å². The van der Waals surface area contributed by atoms with Crippen LogP contribution in [0.15, 0.2) is 58.3 Å². The topological polar surface area (TPSA) is 41.6 Å². The van der Waals surface area contributed by atoms with Crippen molar-refractivity contribution in [2.24, 2.45) is 0 Å². The van der Waals surface area contributed by atoms with Crippen molar-refractivity contribution in [3.63, 3.8) is 0 Å². The van der Waals surface area contributed by atoms with Gasteiger partial charge < -0.3 is 15.0 Å². The molecule has 2 aromatic carbocycles. The van der Waals surface area contributed by atoms with Crippen molar-refractivity contribution in [1.29, 1.82) is 0 Å². The molecule has 1 N–H and O–H groups in total. The maximum atomic E-state index is 12.4. The highest BCUT2D eigenvalue weighted by atomic mass is 32.2. The maximum Gasteiger partial charge on any atom is 0.228 e. The smallest absolute Gasteiger partial charge is 0.228 e. The molecule has 0 aliphatic carbocycles. The summed E-state index contributed by atoms with van der Waals surface area (Å²) in [7, 11) is 1.86. The van der Waals surface area contributed by atoms with Gasteiger partial charge in [-0.1, -0.05) is 43.8 Å². The first-order chi connectivity index (χ1) is 12.3. The van der Waals surface area contributed by atoms with Crippen LogP contribution in [0, 0.1) is 0 Å². The number of benzene rings is 2. The molecule has 1 heterocycles. The summed E-state index contributed by atoms with van der Waals surface area (Å²) in [6, 6.07) is 16.3. The monoisotopic (exact) mass is 358 g/mol. The molecule has 0 spiro atoms. The van der Waals surface area contributed by atoms with Gasteiger partial charge in [-0.3, -0.25) is 4.79 Å². The molecular weight excluding hydrogens is 332 g/mol. The van der Waals surface area contributed by atoms with E-state index in [1.54, 1.807) is 11.8 Å². The molecule has 0 saturated heterocycles. The van der Waals surface area contributed by atoms with E-state index < -0.39 is 0 Å². The lowest BCUT2D eigenvalue weighted by Gasteiger charge is -2.30. The van der Waals surface area contributed by atoms with Crippen LogP contribution >= 0.6 is 11.8 Å². The molecule has 0 unspecified atom stereocenters. The number of nitrogens with one attached hydrogen (secondary N) is 1. The number of hydrogen-bond donors (Lipinski definition) is 1. The molecule has 0 radical (unpaired) electrons. The lowest BCUT2D eigenvalue weighted by Crippen LogP contribution is -2.39. The number of ether oxygens (including phenoxy) is 1. The van der Waals surface area contributed by atoms with Crippen LogP contribution in [0.3, 0.4) is 0 Å². The van der Waals surface area contributed by atoms with Gasteiger partial charge in [0, 0.05) is 22.8 Å². The van der Waals surface area contributed by atoms with Crippen molar-refractivity contribution in [2.45, 2.75) is 30.1 Å². The van der Waals surface area contributed by atoms with Crippen LogP contribution in [0.2, 0.25) is 0 Å². The average molecular weight is 359 g/mol. The third-order valence-corrected chi connectivity index (χ3v) is 4.66. The first-order valence-electron chi connectivity index (χ1n) is 8.72. The molecule has 3 rings (SSSR count). The number of carbonyl (C=O) groups excluding carboxylic acids is 1. The van der Waals surface area contributed by atoms with E-state index in [4.69, 9.17) is 4.74 Å². The van der Waals surface area contributed by atoms with E-state index >= 15 is 0 Å². The van der Waals surface area contributed by atoms with E-state index in [-0.39, 0.29) is 5.91 Å². The summed E-state index contributed by atoms with van der Waals surface area (Å²) in [5, 5.41) is 3.02. The Kier molecular flexibility index (Phi) is 7.82. The molecule has 134 valence electrons. The van der Waals surface area contributed by atoms with E-state index in [2.05, 4.69) is 17.4 Å². The third kappa shape index (κ3) is 5.25. The van der Waals surface area contributed by atoms with E-state index in [9.17, 15) is 4.79 Å². The average Bonchev–Trinajstić information content (AvgIpc) is 2.68. The lowest BCUT2D eigenvalue weighted by atomic mass is 10.2. The molecule has 0 bridgehead atoms. The van der Waals surface area contributed by atoms with Crippen molar-refractivity contribution >= 4 is 23.4 Å². The molecular formula is C20H26N2O2S. The first kappa shape index (κ1) is 19.3. The SMILES string of the molecule is CC.CNCCC(=O)N1CCOc2ccc(Sc3ccccc3)cc21. The van der Waals surface area contributed by atoms with Crippen molar-refractivity contribution in [1.82, 2.24) is 5.32 Å². The van der Waals surface area contributed by atoms with Gasteiger partial charge in [0.15, 0.2) is 0 Å². The van der Waals surface area contributed by atoms with Gasteiger partial charge in [0.2, 0.25) is 5.91 Å². The van der Waals surface area contributed by atoms with E-state index in [0.29, 0.717) is 26.1 Å². The molecule has 0 atom stereocenters. The van der Waals surface area contributed by atoms with Crippen LogP contribution in [0.5, 0.6) is 5.75 Å². The van der Waals surface area contributed by atoms with Crippen molar-refractivity contribution in [3.8, 4) is 5.75 Å². The zero-order valence-electron chi connectivity index (χ0n) is 15.1. The fraction of sp³-hybridized carbons (Fsp3) is 0.350. The van der Waals surface area contributed by atoms with Gasteiger partial charge in [-0.05, 0) is 37.4 Å². The van der Waals surface area contributed by atoms with Crippen LogP contribution in [-0.2, 0) is 4.79 Å². The summed E-state index contributed by atoms with van der Waals surface area (Å²) in [6.45, 7) is 5.84. The van der Waals surface area contributed by atoms with E-state index in [1.807, 2.05) is 62.2 Å². The number of anilines is 1. The number of carbonyl (C=O) groups is 1. The Labute approximate surface area is 154 Å². The summed E-state index contributed by atoms with van der Waals surface area (Å²) in [6.07, 6.45) is 0.492. The molecule has 0 aromatic heterocycles. The Balaban J connectivity index is 0.00000109. The molecule has 0 saturated carbocycles. The molecule has 1 aliphatic rings. The predicted octanol–water partition coefficient (Wildman–Crippen LogP) is 4.20. The van der Waals surface area contributed by atoms with Gasteiger partial charge in [-0.15, -0.1) is 0 Å². The third-order valence-electron chi connectivity index (χ3n) is 3.66. The zero-order valence-corrected chi connectivity index (χ0v) is 15.9. The molecule has 4 nitrogen and oxygen atoms in total. The van der Waals surface area contributed by atoms with Gasteiger partial charge >= 0.3 is 0 Å². The van der Waals surface area contributed by atoms with Crippen LogP contribution in [0.25, 0.3) is 0 Å². The summed E-state index contributed by atoms with van der Waals surface area (Å²) in [5.41, 5.74) is 0.873. The van der Waals surface area contributed by atoms with Crippen LogP contribution < -0.4 is 15.0 Å². The molecule has 1 amide bonds. The molecule has 25 heavy (non-hydrogen) atoms. The minimum atomic E-state index is 0.130. The van der Waals surface area contributed by atoms with Gasteiger partial charge in [0.1, 0.15) is 12.4 Å². The minimum Gasteiger partial charge on any atom is -0.490 e. The fourth-order valence-electron chi connectivity index (χ4n) is 2.51. The highest BCUT2D eigenvalue weighted by molar-refractivity contribution is 7.99. The van der Waals surface area contributed by atoms with Crippen molar-refractivity contribution in [2.75, 3.05) is 31.6 Å². The molecule has 5 heteroatoms. The van der Waals surface area contributed by atoms with Gasteiger partial charge in [0.25, 0.3) is 0 Å². The Hall–Kier alpha value is -1.98.